The number of β-amino-alcohol motifs (C(OH)–C–C–N with tert-alkyl or cyclic N) is 1. The van der Waals surface area contributed by atoms with Gasteiger partial charge in [-0.05, 0) is 43.0 Å². The first-order valence-corrected chi connectivity index (χ1v) is 6.38. The van der Waals surface area contributed by atoms with Gasteiger partial charge in [-0.2, -0.15) is 0 Å². The molecule has 1 heterocycles. The van der Waals surface area contributed by atoms with Gasteiger partial charge in [0.2, 0.25) is 0 Å². The predicted octanol–water partition coefficient (Wildman–Crippen LogP) is 1.41. The second kappa shape index (κ2) is 5.63. The van der Waals surface area contributed by atoms with Crippen LogP contribution in [0, 0.1) is 6.92 Å². The zero-order chi connectivity index (χ0) is 12.3. The standard InChI is InChI=1S/C14H22N2O/c1-11-7-12(8-15)4-5-13(11)9-16-6-2-3-14(17)10-16/h4-5,7,14,17H,2-3,6,8-10,15H2,1H3. The number of nitrogens with two attached hydrogens (primary N) is 1. The molecule has 3 N–H and O–H groups in total. The number of aliphatic hydroxyl groups excluding tert-OH is 1. The van der Waals surface area contributed by atoms with E-state index in [-0.39, 0.29) is 6.10 Å². The van der Waals surface area contributed by atoms with Crippen LogP contribution < -0.4 is 5.73 Å². The third kappa shape index (κ3) is 3.28. The number of hydrogen-bond acceptors (Lipinski definition) is 3. The molecule has 1 fully saturated rings. The number of hydrogen-bond donors (Lipinski definition) is 2. The van der Waals surface area contributed by atoms with Crippen LogP contribution in [0.4, 0.5) is 0 Å². The summed E-state index contributed by atoms with van der Waals surface area (Å²) in [7, 11) is 0. The number of rotatable bonds is 3. The van der Waals surface area contributed by atoms with Crippen molar-refractivity contribution < 1.29 is 5.11 Å². The Kier molecular flexibility index (Phi) is 4.15. The lowest BCUT2D eigenvalue weighted by molar-refractivity contribution is 0.0667. The van der Waals surface area contributed by atoms with Gasteiger partial charge in [-0.1, -0.05) is 18.2 Å². The molecule has 17 heavy (non-hydrogen) atoms. The van der Waals surface area contributed by atoms with E-state index in [9.17, 15) is 5.11 Å². The summed E-state index contributed by atoms with van der Waals surface area (Å²) in [5.74, 6) is 0. The molecule has 3 nitrogen and oxygen atoms in total. The molecule has 1 unspecified atom stereocenters. The van der Waals surface area contributed by atoms with Crippen molar-refractivity contribution in [1.29, 1.82) is 0 Å². The molecule has 0 radical (unpaired) electrons. The fraction of sp³-hybridized carbons (Fsp3) is 0.571. The van der Waals surface area contributed by atoms with Gasteiger partial charge in [-0.15, -0.1) is 0 Å². The Morgan fingerprint density at radius 3 is 2.94 bits per heavy atom. The lowest BCUT2D eigenvalue weighted by atomic mass is 10.0. The molecule has 0 aliphatic carbocycles. The smallest absolute Gasteiger partial charge is 0.0667 e. The molecule has 0 saturated carbocycles. The van der Waals surface area contributed by atoms with Crippen LogP contribution in [0.25, 0.3) is 0 Å². The fourth-order valence-corrected chi connectivity index (χ4v) is 2.48. The van der Waals surface area contributed by atoms with E-state index < -0.39 is 0 Å². The highest BCUT2D eigenvalue weighted by Crippen LogP contribution is 2.17. The number of likely N-dealkylation sites (tertiary alicyclic amines) is 1. The number of aliphatic hydroxyl groups is 1. The highest BCUT2D eigenvalue weighted by Gasteiger charge is 2.17. The Labute approximate surface area is 103 Å². The quantitative estimate of drug-likeness (QED) is 0.831. The molecule has 1 aliphatic rings. The van der Waals surface area contributed by atoms with E-state index in [2.05, 4.69) is 30.0 Å². The Balaban J connectivity index is 2.02. The summed E-state index contributed by atoms with van der Waals surface area (Å²) >= 11 is 0. The summed E-state index contributed by atoms with van der Waals surface area (Å²) in [6.45, 7) is 5.57. The minimum atomic E-state index is -0.146. The van der Waals surface area contributed by atoms with Crippen molar-refractivity contribution in [1.82, 2.24) is 4.90 Å². The van der Waals surface area contributed by atoms with Crippen LogP contribution >= 0.6 is 0 Å². The first-order valence-electron chi connectivity index (χ1n) is 6.38. The molecule has 1 aliphatic heterocycles. The third-order valence-electron chi connectivity index (χ3n) is 3.52. The Morgan fingerprint density at radius 2 is 2.29 bits per heavy atom. The zero-order valence-corrected chi connectivity index (χ0v) is 10.5. The van der Waals surface area contributed by atoms with Crippen LogP contribution in [0.15, 0.2) is 18.2 Å². The summed E-state index contributed by atoms with van der Waals surface area (Å²) in [6, 6.07) is 6.43. The SMILES string of the molecule is Cc1cc(CN)ccc1CN1CCCC(O)C1. The Hall–Kier alpha value is -0.900. The highest BCUT2D eigenvalue weighted by atomic mass is 16.3. The molecule has 0 amide bonds. The van der Waals surface area contributed by atoms with Crippen molar-refractivity contribution in [3.63, 3.8) is 0 Å². The molecule has 0 aromatic heterocycles. The normalized spacial score (nSPS) is 21.7. The fourth-order valence-electron chi connectivity index (χ4n) is 2.48. The summed E-state index contributed by atoms with van der Waals surface area (Å²) < 4.78 is 0. The van der Waals surface area contributed by atoms with Crippen LogP contribution in [-0.4, -0.2) is 29.2 Å². The van der Waals surface area contributed by atoms with E-state index in [1.807, 2.05) is 0 Å². The van der Waals surface area contributed by atoms with Gasteiger partial charge in [0.15, 0.2) is 0 Å². The maximum atomic E-state index is 9.65. The molecular weight excluding hydrogens is 212 g/mol. The topological polar surface area (TPSA) is 49.5 Å². The first kappa shape index (κ1) is 12.6. The van der Waals surface area contributed by atoms with Crippen molar-refractivity contribution in [2.75, 3.05) is 13.1 Å². The molecule has 2 rings (SSSR count). The largest absolute Gasteiger partial charge is 0.392 e. The van der Waals surface area contributed by atoms with Crippen LogP contribution in [-0.2, 0) is 13.1 Å². The average Bonchev–Trinajstić information content (AvgIpc) is 2.32. The molecule has 3 heteroatoms. The van der Waals surface area contributed by atoms with Gasteiger partial charge in [-0.25, -0.2) is 0 Å². The lowest BCUT2D eigenvalue weighted by Gasteiger charge is -2.30. The van der Waals surface area contributed by atoms with Gasteiger partial charge in [0.05, 0.1) is 6.10 Å². The van der Waals surface area contributed by atoms with Crippen LogP contribution in [0.5, 0.6) is 0 Å². The lowest BCUT2D eigenvalue weighted by Crippen LogP contribution is -2.37. The molecule has 0 bridgehead atoms. The molecule has 1 saturated heterocycles. The predicted molar refractivity (Wildman–Crippen MR) is 69.6 cm³/mol. The summed E-state index contributed by atoms with van der Waals surface area (Å²) in [5.41, 5.74) is 9.46. The molecule has 1 aromatic carbocycles. The molecule has 1 aromatic rings. The van der Waals surface area contributed by atoms with Gasteiger partial charge in [0, 0.05) is 19.6 Å². The van der Waals surface area contributed by atoms with Gasteiger partial charge < -0.3 is 10.8 Å². The molecular formula is C14H22N2O. The summed E-state index contributed by atoms with van der Waals surface area (Å²) in [5, 5.41) is 9.65. The second-order valence-electron chi connectivity index (χ2n) is 5.00. The van der Waals surface area contributed by atoms with Gasteiger partial charge >= 0.3 is 0 Å². The van der Waals surface area contributed by atoms with E-state index in [0.29, 0.717) is 6.54 Å². The Bertz CT molecular complexity index is 378. The zero-order valence-electron chi connectivity index (χ0n) is 10.5. The molecule has 0 spiro atoms. The van der Waals surface area contributed by atoms with E-state index in [1.165, 1.54) is 16.7 Å². The maximum absolute atomic E-state index is 9.65. The Morgan fingerprint density at radius 1 is 1.47 bits per heavy atom. The second-order valence-corrected chi connectivity index (χ2v) is 5.00. The number of aryl methyl sites for hydroxylation is 1. The van der Waals surface area contributed by atoms with Crippen molar-refractivity contribution in [2.45, 2.75) is 39.0 Å². The minimum Gasteiger partial charge on any atom is -0.392 e. The van der Waals surface area contributed by atoms with E-state index in [4.69, 9.17) is 5.73 Å². The number of benzene rings is 1. The highest BCUT2D eigenvalue weighted by molar-refractivity contribution is 5.31. The average molecular weight is 234 g/mol. The number of piperidine rings is 1. The van der Waals surface area contributed by atoms with Gasteiger partial charge in [0.25, 0.3) is 0 Å². The third-order valence-corrected chi connectivity index (χ3v) is 3.52. The summed E-state index contributed by atoms with van der Waals surface area (Å²) in [6.07, 6.45) is 1.90. The van der Waals surface area contributed by atoms with E-state index >= 15 is 0 Å². The van der Waals surface area contributed by atoms with Gasteiger partial charge in [-0.3, -0.25) is 4.90 Å². The van der Waals surface area contributed by atoms with E-state index in [0.717, 1.165) is 32.5 Å². The maximum Gasteiger partial charge on any atom is 0.0667 e. The van der Waals surface area contributed by atoms with Crippen molar-refractivity contribution >= 4 is 0 Å². The van der Waals surface area contributed by atoms with Crippen LogP contribution in [0.2, 0.25) is 0 Å². The van der Waals surface area contributed by atoms with Crippen LogP contribution in [0.1, 0.15) is 29.5 Å². The van der Waals surface area contributed by atoms with E-state index in [1.54, 1.807) is 0 Å². The van der Waals surface area contributed by atoms with Gasteiger partial charge in [0.1, 0.15) is 0 Å². The van der Waals surface area contributed by atoms with Crippen molar-refractivity contribution in [2.24, 2.45) is 5.73 Å². The number of nitrogens with zero attached hydrogens (tertiary/aromatic N) is 1. The minimum absolute atomic E-state index is 0.146. The first-order chi connectivity index (χ1) is 8.19. The monoisotopic (exact) mass is 234 g/mol. The summed E-state index contributed by atoms with van der Waals surface area (Å²) in [4.78, 5) is 2.33. The van der Waals surface area contributed by atoms with Crippen molar-refractivity contribution in [3.05, 3.63) is 34.9 Å². The van der Waals surface area contributed by atoms with Crippen LogP contribution in [0.3, 0.4) is 0 Å². The molecule has 1 atom stereocenters. The van der Waals surface area contributed by atoms with Crippen molar-refractivity contribution in [3.8, 4) is 0 Å². The molecule has 94 valence electrons.